The maximum atomic E-state index is 12.8. The van der Waals surface area contributed by atoms with E-state index in [0.29, 0.717) is 58.4 Å². The van der Waals surface area contributed by atoms with Gasteiger partial charge >= 0.3 is 18.3 Å². The van der Waals surface area contributed by atoms with Crippen LogP contribution in [0.15, 0.2) is 77.9 Å². The Morgan fingerprint density at radius 3 is 1.46 bits per heavy atom. The Morgan fingerprint density at radius 2 is 1.00 bits per heavy atom. The topological polar surface area (TPSA) is 175 Å². The molecule has 456 valence electrons. The van der Waals surface area contributed by atoms with Crippen molar-refractivity contribution in [1.29, 1.82) is 0 Å². The number of hydrogen-bond acceptors (Lipinski definition) is 10. The second-order valence-corrected chi connectivity index (χ2v) is 22.2. The van der Waals surface area contributed by atoms with Gasteiger partial charge in [0, 0.05) is 60.0 Å². The fraction of sp³-hybridized carbons (Fsp3) is 0.632. The van der Waals surface area contributed by atoms with E-state index >= 15 is 0 Å². The van der Waals surface area contributed by atoms with Crippen molar-refractivity contribution in [2.75, 3.05) is 64.5 Å². The number of carboxylic acids is 1. The number of unbranched alkanes of at least 4 members (excludes halogenated alkanes) is 30. The summed E-state index contributed by atoms with van der Waals surface area (Å²) >= 11 is 0. The SMILES string of the molecule is C=CN(CCOC(=O)NCCCCCCCCCCCCCCCCCC)c1ccc2c(-c3ccccc3C(=O)[O-])c3ccc(=[N+](CCOC(=O)NC)CCOC(=O)NCCCCCCCCCCCCCCCCCC)cc-3oc2c1. The van der Waals surface area contributed by atoms with Crippen molar-refractivity contribution in [2.24, 2.45) is 0 Å². The lowest BCUT2D eigenvalue weighted by molar-refractivity contribution is -0.254. The lowest BCUT2D eigenvalue weighted by Crippen LogP contribution is -2.37. The van der Waals surface area contributed by atoms with Gasteiger partial charge < -0.3 is 49.4 Å². The minimum atomic E-state index is -1.31. The summed E-state index contributed by atoms with van der Waals surface area (Å²) in [4.78, 5) is 52.0. The molecule has 0 radical (unpaired) electrons. The highest BCUT2D eigenvalue weighted by atomic mass is 16.6. The summed E-state index contributed by atoms with van der Waals surface area (Å²) in [6, 6.07) is 18.0. The Balaban J connectivity index is 1.32. The largest absolute Gasteiger partial charge is 0.545 e. The number of nitrogens with zero attached hydrogens (tertiary/aromatic N) is 2. The first-order valence-corrected chi connectivity index (χ1v) is 32.1. The number of fused-ring (bicyclic) bond motifs is 2. The van der Waals surface area contributed by atoms with E-state index < -0.39 is 24.2 Å². The Bertz CT molecular complexity index is 2450. The number of aromatic carboxylic acids is 1. The smallest absolute Gasteiger partial charge is 0.407 e. The summed E-state index contributed by atoms with van der Waals surface area (Å²) in [5.74, 6) is -0.858. The molecule has 0 spiro atoms. The maximum Gasteiger partial charge on any atom is 0.407 e. The summed E-state index contributed by atoms with van der Waals surface area (Å²) < 4.78 is 25.2. The molecule has 0 saturated carbocycles. The zero-order valence-corrected chi connectivity index (χ0v) is 50.9. The molecule has 0 bridgehead atoms. The number of benzene rings is 3. The summed E-state index contributed by atoms with van der Waals surface area (Å²) in [6.07, 6.45) is 41.4. The molecule has 2 aliphatic rings. The molecule has 1 aliphatic heterocycles. The predicted molar refractivity (Wildman–Crippen MR) is 333 cm³/mol. The van der Waals surface area contributed by atoms with E-state index in [-0.39, 0.29) is 38.5 Å². The van der Waals surface area contributed by atoms with Crippen molar-refractivity contribution in [3.8, 4) is 22.5 Å². The van der Waals surface area contributed by atoms with E-state index in [1.807, 2.05) is 45.9 Å². The number of anilines is 1. The van der Waals surface area contributed by atoms with E-state index in [0.717, 1.165) is 37.8 Å². The first-order chi connectivity index (χ1) is 40.2. The molecule has 14 heteroatoms. The monoisotopic (exact) mass is 1140 g/mol. The van der Waals surface area contributed by atoms with Gasteiger partial charge in [0.15, 0.2) is 26.3 Å². The molecule has 0 fully saturated rings. The molecule has 0 saturated heterocycles. The third-order valence-electron chi connectivity index (χ3n) is 15.6. The molecule has 1 heterocycles. The molecule has 0 unspecified atom stereocenters. The Labute approximate surface area is 492 Å². The lowest BCUT2D eigenvalue weighted by atomic mass is 9.90. The van der Waals surface area contributed by atoms with E-state index in [2.05, 4.69) is 36.4 Å². The van der Waals surface area contributed by atoms with Gasteiger partial charge in [-0.25, -0.2) is 19.0 Å². The lowest BCUT2D eigenvalue weighted by Gasteiger charge is -2.22. The Kier molecular flexibility index (Phi) is 36.4. The van der Waals surface area contributed by atoms with E-state index in [4.69, 9.17) is 18.6 Å². The normalized spacial score (nSPS) is 11.6. The quantitative estimate of drug-likeness (QED) is 0.0167. The van der Waals surface area contributed by atoms with Crippen LogP contribution in [0.5, 0.6) is 0 Å². The van der Waals surface area contributed by atoms with Crippen LogP contribution >= 0.6 is 0 Å². The van der Waals surface area contributed by atoms with Crippen molar-refractivity contribution >= 4 is 40.9 Å². The van der Waals surface area contributed by atoms with Crippen LogP contribution in [0.25, 0.3) is 33.4 Å². The highest BCUT2D eigenvalue weighted by Gasteiger charge is 2.22. The first kappa shape index (κ1) is 68.4. The molecule has 1 aliphatic carbocycles. The molecule has 3 amide bonds. The van der Waals surface area contributed by atoms with E-state index in [9.17, 15) is 24.3 Å². The summed E-state index contributed by atoms with van der Waals surface area (Å²) in [5.41, 5.74) is 2.97. The van der Waals surface area contributed by atoms with Crippen molar-refractivity contribution in [2.45, 2.75) is 219 Å². The van der Waals surface area contributed by atoms with Gasteiger partial charge in [0.2, 0.25) is 5.36 Å². The minimum Gasteiger partial charge on any atom is -0.545 e. The molecular formula is C68H105N5O9. The number of carbonyl (C=O) groups is 4. The van der Waals surface area contributed by atoms with Crippen LogP contribution in [-0.4, -0.2) is 83.8 Å². The molecule has 82 heavy (non-hydrogen) atoms. The number of alkyl carbamates (subject to hydrolysis) is 3. The van der Waals surface area contributed by atoms with Gasteiger partial charge in [0.05, 0.1) is 18.6 Å². The highest BCUT2D eigenvalue weighted by molar-refractivity contribution is 6.07. The standard InChI is InChI=1S/C68H105N5O9/c1-5-8-10-12-14-16-18-20-22-24-26-28-30-32-34-38-46-70-67(77)80-51-48-72(7-3)56-42-44-60-62(54-56)82-63-55-57(43-45-61(63)64(60)58-40-36-37-41-59(58)65(74)75)73(49-52-79-66(76)69-4)50-53-81-68(78)71-47-39-35-33-31-29-27-25-23-21-19-17-15-13-11-9-6-2/h7,36-37,40-45,54-55H,3,5-6,8-35,38-39,46-53H2,1-2,4H3,(H3-,69,70,71,74,75,76,77,78). The van der Waals surface area contributed by atoms with E-state index in [1.165, 1.54) is 186 Å². The number of amides is 3. The van der Waals surface area contributed by atoms with Gasteiger partial charge in [-0.1, -0.05) is 237 Å². The van der Waals surface area contributed by atoms with Crippen molar-refractivity contribution < 1.29 is 42.9 Å². The van der Waals surface area contributed by atoms with Crippen molar-refractivity contribution in [3.63, 3.8) is 0 Å². The van der Waals surface area contributed by atoms with Crippen molar-refractivity contribution in [3.05, 3.63) is 84.4 Å². The summed E-state index contributed by atoms with van der Waals surface area (Å²) in [7, 11) is 1.49. The van der Waals surface area contributed by atoms with Crippen LogP contribution in [0.3, 0.4) is 0 Å². The molecule has 0 atom stereocenters. The first-order valence-electron chi connectivity index (χ1n) is 32.1. The minimum absolute atomic E-state index is 0.0284. The average Bonchev–Trinajstić information content (AvgIpc) is 3.59. The second kappa shape index (κ2) is 43.6. The number of hydrogen-bond donors (Lipinski definition) is 3. The van der Waals surface area contributed by atoms with Crippen LogP contribution < -0.4 is 35.9 Å². The summed E-state index contributed by atoms with van der Waals surface area (Å²) in [5, 5.41) is 22.2. The fourth-order valence-electron chi connectivity index (χ4n) is 10.7. The third kappa shape index (κ3) is 27.8. The Hall–Kier alpha value is -6.05. The predicted octanol–water partition coefficient (Wildman–Crippen LogP) is 15.6. The van der Waals surface area contributed by atoms with Crippen LogP contribution in [-0.2, 0) is 14.2 Å². The fourth-order valence-corrected chi connectivity index (χ4v) is 10.7. The maximum absolute atomic E-state index is 12.8. The van der Waals surface area contributed by atoms with Gasteiger partial charge in [-0.3, -0.25) is 0 Å². The molecule has 4 rings (SSSR count). The zero-order chi connectivity index (χ0) is 58.7. The Morgan fingerprint density at radius 1 is 0.549 bits per heavy atom. The summed E-state index contributed by atoms with van der Waals surface area (Å²) in [6.45, 7) is 10.8. The van der Waals surface area contributed by atoms with Crippen LogP contribution in [0, 0.1) is 0 Å². The molecule has 3 N–H and O–H groups in total. The molecule has 2 aromatic carbocycles. The molecule has 2 aromatic rings. The van der Waals surface area contributed by atoms with Gasteiger partial charge in [-0.15, -0.1) is 0 Å². The van der Waals surface area contributed by atoms with E-state index in [1.54, 1.807) is 24.4 Å². The molecular weight excluding hydrogens is 1030 g/mol. The van der Waals surface area contributed by atoms with Crippen LogP contribution in [0.1, 0.15) is 230 Å². The number of rotatable bonds is 47. The number of nitrogens with one attached hydrogen (secondary N) is 3. The van der Waals surface area contributed by atoms with Crippen LogP contribution in [0.2, 0.25) is 0 Å². The van der Waals surface area contributed by atoms with Gasteiger partial charge in [0.25, 0.3) is 0 Å². The number of ether oxygens (including phenoxy) is 3. The van der Waals surface area contributed by atoms with Gasteiger partial charge in [-0.05, 0) is 42.8 Å². The number of carbonyl (C=O) groups excluding carboxylic acids is 4. The van der Waals surface area contributed by atoms with Crippen LogP contribution in [0.4, 0.5) is 20.1 Å². The third-order valence-corrected chi connectivity index (χ3v) is 15.6. The zero-order valence-electron chi connectivity index (χ0n) is 50.9. The van der Waals surface area contributed by atoms with Crippen molar-refractivity contribution in [1.82, 2.24) is 20.5 Å². The molecule has 14 nitrogen and oxygen atoms in total. The highest BCUT2D eigenvalue weighted by Crippen LogP contribution is 2.42. The van der Waals surface area contributed by atoms with Gasteiger partial charge in [0.1, 0.15) is 18.0 Å². The average molecular weight is 1140 g/mol. The number of carboxylic acid groups (broad SMARTS) is 1. The molecule has 0 aromatic heterocycles. The second-order valence-electron chi connectivity index (χ2n) is 22.2. The van der Waals surface area contributed by atoms with Gasteiger partial charge in [-0.2, -0.15) is 0 Å².